The zero-order valence-electron chi connectivity index (χ0n) is 12.4. The van der Waals surface area contributed by atoms with Crippen LogP contribution >= 0.6 is 0 Å². The van der Waals surface area contributed by atoms with Gasteiger partial charge in [0.15, 0.2) is 5.75 Å². The van der Waals surface area contributed by atoms with Crippen molar-refractivity contribution >= 4 is 5.69 Å². The lowest BCUT2D eigenvalue weighted by atomic mass is 10.1. The number of quaternary nitrogens is 1. The summed E-state index contributed by atoms with van der Waals surface area (Å²) in [6.45, 7) is 8.50. The Bertz CT molecular complexity index is 469. The Kier molecular flexibility index (Phi) is 5.47. The Labute approximate surface area is 118 Å². The van der Waals surface area contributed by atoms with E-state index < -0.39 is 11.0 Å². The third kappa shape index (κ3) is 5.54. The van der Waals surface area contributed by atoms with Crippen LogP contribution < -0.4 is 10.1 Å². The van der Waals surface area contributed by atoms with Crippen LogP contribution in [0.1, 0.15) is 26.3 Å². The number of hydrogen-bond donors (Lipinski definition) is 2. The molecule has 112 valence electrons. The molecule has 0 aliphatic rings. The number of benzene rings is 1. The minimum absolute atomic E-state index is 0.0241. The van der Waals surface area contributed by atoms with E-state index >= 15 is 0 Å². The first-order chi connectivity index (χ1) is 9.19. The quantitative estimate of drug-likeness (QED) is 0.602. The van der Waals surface area contributed by atoms with Crippen LogP contribution in [-0.4, -0.2) is 34.8 Å². The molecule has 1 aromatic carbocycles. The lowest BCUT2D eigenvalue weighted by Crippen LogP contribution is -2.96. The van der Waals surface area contributed by atoms with Crippen molar-refractivity contribution in [2.75, 3.05) is 13.2 Å². The van der Waals surface area contributed by atoms with Gasteiger partial charge in [-0.2, -0.15) is 0 Å². The largest absolute Gasteiger partial charge is 0.484 e. The van der Waals surface area contributed by atoms with E-state index in [4.69, 9.17) is 4.74 Å². The summed E-state index contributed by atoms with van der Waals surface area (Å²) in [5.41, 5.74) is 0.819. The number of aliphatic hydroxyl groups is 1. The zero-order valence-corrected chi connectivity index (χ0v) is 12.4. The first-order valence-electron chi connectivity index (χ1n) is 6.59. The molecule has 0 aromatic heterocycles. The Balaban J connectivity index is 2.61. The summed E-state index contributed by atoms with van der Waals surface area (Å²) in [5, 5.41) is 22.7. The second-order valence-electron chi connectivity index (χ2n) is 6.00. The minimum Gasteiger partial charge on any atom is -0.484 e. The van der Waals surface area contributed by atoms with Gasteiger partial charge in [-0.15, -0.1) is 0 Å². The first kappa shape index (κ1) is 16.4. The van der Waals surface area contributed by atoms with Crippen LogP contribution in [0.15, 0.2) is 18.2 Å². The van der Waals surface area contributed by atoms with Gasteiger partial charge >= 0.3 is 5.69 Å². The Hall–Kier alpha value is -1.66. The fraction of sp³-hybridized carbons (Fsp3) is 0.571. The summed E-state index contributed by atoms with van der Waals surface area (Å²) < 4.78 is 5.39. The average molecular weight is 283 g/mol. The molecule has 0 aliphatic carbocycles. The van der Waals surface area contributed by atoms with Gasteiger partial charge in [0.05, 0.1) is 10.5 Å². The molecule has 0 radical (unpaired) electrons. The maximum atomic E-state index is 10.9. The molecule has 0 fully saturated rings. The smallest absolute Gasteiger partial charge is 0.310 e. The minimum atomic E-state index is -0.672. The average Bonchev–Trinajstić information content (AvgIpc) is 2.32. The third-order valence-corrected chi connectivity index (χ3v) is 2.75. The van der Waals surface area contributed by atoms with Crippen molar-refractivity contribution < 1.29 is 20.1 Å². The van der Waals surface area contributed by atoms with E-state index in [1.807, 2.05) is 33.0 Å². The molecule has 1 rings (SSSR count). The van der Waals surface area contributed by atoms with Gasteiger partial charge in [0.2, 0.25) is 0 Å². The van der Waals surface area contributed by atoms with Crippen molar-refractivity contribution in [2.45, 2.75) is 39.3 Å². The predicted octanol–water partition coefficient (Wildman–Crippen LogP) is 1.00. The van der Waals surface area contributed by atoms with Crippen molar-refractivity contribution in [3.8, 4) is 5.75 Å². The van der Waals surface area contributed by atoms with Crippen molar-refractivity contribution in [2.24, 2.45) is 0 Å². The zero-order chi connectivity index (χ0) is 15.3. The van der Waals surface area contributed by atoms with Gasteiger partial charge < -0.3 is 15.2 Å². The number of nitrogens with zero attached hydrogens (tertiary/aromatic N) is 1. The molecule has 0 heterocycles. The molecular weight excluding hydrogens is 260 g/mol. The second-order valence-corrected chi connectivity index (χ2v) is 6.00. The summed E-state index contributed by atoms with van der Waals surface area (Å²) in [6, 6.07) is 4.69. The standard InChI is InChI=1S/C14H22N2O4/c1-10-5-6-12(16(18)19)13(7-10)20-9-11(17)8-15-14(2,3)4/h5-7,11,15,17H,8-9H2,1-4H3/p+1/t11-/m1/s1. The van der Waals surface area contributed by atoms with Crippen LogP contribution in [0.3, 0.4) is 0 Å². The number of nitro groups is 1. The van der Waals surface area contributed by atoms with Crippen LogP contribution in [0, 0.1) is 17.0 Å². The van der Waals surface area contributed by atoms with Gasteiger partial charge in [-0.25, -0.2) is 0 Å². The highest BCUT2D eigenvalue weighted by Crippen LogP contribution is 2.27. The van der Waals surface area contributed by atoms with Crippen LogP contribution in [0.5, 0.6) is 5.75 Å². The molecule has 0 amide bonds. The van der Waals surface area contributed by atoms with E-state index in [1.54, 1.807) is 12.1 Å². The molecule has 0 saturated heterocycles. The summed E-state index contributed by atoms with van der Waals surface area (Å²) in [7, 11) is 0. The van der Waals surface area contributed by atoms with Crippen LogP contribution in [-0.2, 0) is 0 Å². The van der Waals surface area contributed by atoms with E-state index in [9.17, 15) is 15.2 Å². The molecule has 1 aromatic rings. The van der Waals surface area contributed by atoms with Crippen molar-refractivity contribution in [3.63, 3.8) is 0 Å². The molecule has 6 heteroatoms. The Morgan fingerprint density at radius 3 is 2.65 bits per heavy atom. The van der Waals surface area contributed by atoms with Gasteiger partial charge in [0, 0.05) is 6.07 Å². The molecule has 0 aliphatic heterocycles. The highest BCUT2D eigenvalue weighted by atomic mass is 16.6. The third-order valence-electron chi connectivity index (χ3n) is 2.75. The highest BCUT2D eigenvalue weighted by molar-refractivity contribution is 5.48. The molecule has 6 nitrogen and oxygen atoms in total. The number of aliphatic hydroxyl groups excluding tert-OH is 1. The normalized spacial score (nSPS) is 13.1. The molecule has 3 N–H and O–H groups in total. The van der Waals surface area contributed by atoms with Crippen LogP contribution in [0.25, 0.3) is 0 Å². The molecule has 0 saturated carbocycles. The molecular formula is C14H23N2O4+. The topological polar surface area (TPSA) is 89.2 Å². The summed E-state index contributed by atoms with van der Waals surface area (Å²) >= 11 is 0. The Morgan fingerprint density at radius 2 is 2.10 bits per heavy atom. The van der Waals surface area contributed by atoms with E-state index in [-0.39, 0.29) is 23.6 Å². The summed E-state index contributed by atoms with van der Waals surface area (Å²) in [4.78, 5) is 10.4. The summed E-state index contributed by atoms with van der Waals surface area (Å²) in [6.07, 6.45) is -0.672. The van der Waals surface area contributed by atoms with Crippen LogP contribution in [0.4, 0.5) is 5.69 Å². The SMILES string of the molecule is Cc1ccc([N+](=O)[O-])c(OC[C@H](O)C[NH2+]C(C)(C)C)c1. The molecule has 0 spiro atoms. The van der Waals surface area contributed by atoms with E-state index in [1.165, 1.54) is 6.07 Å². The van der Waals surface area contributed by atoms with E-state index in [0.717, 1.165) is 5.56 Å². The van der Waals surface area contributed by atoms with Crippen molar-refractivity contribution in [1.82, 2.24) is 0 Å². The number of nitro benzene ring substituents is 1. The number of nitrogens with two attached hydrogens (primary N) is 1. The molecule has 0 bridgehead atoms. The second kappa shape index (κ2) is 6.67. The number of hydrogen-bond acceptors (Lipinski definition) is 4. The maximum Gasteiger partial charge on any atom is 0.310 e. The van der Waals surface area contributed by atoms with Crippen LogP contribution in [0.2, 0.25) is 0 Å². The molecule has 1 atom stereocenters. The molecule has 20 heavy (non-hydrogen) atoms. The monoisotopic (exact) mass is 283 g/mol. The first-order valence-corrected chi connectivity index (χ1v) is 6.59. The fourth-order valence-electron chi connectivity index (χ4n) is 1.63. The highest BCUT2D eigenvalue weighted by Gasteiger charge is 2.19. The number of ether oxygens (including phenoxy) is 1. The van der Waals surface area contributed by atoms with Gasteiger partial charge in [-0.1, -0.05) is 6.07 Å². The van der Waals surface area contributed by atoms with Gasteiger partial charge in [0.25, 0.3) is 0 Å². The van der Waals surface area contributed by atoms with E-state index in [2.05, 4.69) is 0 Å². The van der Waals surface area contributed by atoms with E-state index in [0.29, 0.717) is 6.54 Å². The van der Waals surface area contributed by atoms with Crippen molar-refractivity contribution in [3.05, 3.63) is 33.9 Å². The van der Waals surface area contributed by atoms with Gasteiger partial charge in [0.1, 0.15) is 19.3 Å². The fourth-order valence-corrected chi connectivity index (χ4v) is 1.63. The van der Waals surface area contributed by atoms with Crippen molar-refractivity contribution in [1.29, 1.82) is 0 Å². The molecule has 0 unspecified atom stereocenters. The Morgan fingerprint density at radius 1 is 1.45 bits per heavy atom. The van der Waals surface area contributed by atoms with Gasteiger partial charge in [-0.05, 0) is 39.3 Å². The predicted molar refractivity (Wildman–Crippen MR) is 75.9 cm³/mol. The maximum absolute atomic E-state index is 10.9. The van der Waals surface area contributed by atoms with Gasteiger partial charge in [-0.3, -0.25) is 10.1 Å². The number of rotatable bonds is 6. The lowest BCUT2D eigenvalue weighted by Gasteiger charge is -2.19. The number of aryl methyl sites for hydroxylation is 1. The lowest BCUT2D eigenvalue weighted by molar-refractivity contribution is -0.722. The summed E-state index contributed by atoms with van der Waals surface area (Å²) in [5.74, 6) is 0.199.